The molecule has 2 saturated heterocycles. The van der Waals surface area contributed by atoms with Crippen molar-refractivity contribution >= 4 is 35.8 Å². The van der Waals surface area contributed by atoms with E-state index in [1.54, 1.807) is 30.5 Å². The molecule has 0 saturated carbocycles. The lowest BCUT2D eigenvalue weighted by Crippen LogP contribution is -2.40. The van der Waals surface area contributed by atoms with Crippen LogP contribution in [0.5, 0.6) is 0 Å². The van der Waals surface area contributed by atoms with Crippen LogP contribution in [0.2, 0.25) is 0 Å². The Morgan fingerprint density at radius 1 is 0.938 bits per heavy atom. The third-order valence-electron chi connectivity index (χ3n) is 4.92. The Labute approximate surface area is 184 Å². The van der Waals surface area contributed by atoms with Crippen LogP contribution in [0.3, 0.4) is 0 Å². The van der Waals surface area contributed by atoms with E-state index in [-0.39, 0.29) is 5.69 Å². The Morgan fingerprint density at radius 3 is 2.03 bits per heavy atom. The van der Waals surface area contributed by atoms with Gasteiger partial charge in [0.1, 0.15) is 0 Å². The van der Waals surface area contributed by atoms with Gasteiger partial charge in [-0.2, -0.15) is 20.1 Å². The van der Waals surface area contributed by atoms with Crippen molar-refractivity contribution in [2.24, 2.45) is 5.10 Å². The molecule has 2 fully saturated rings. The molecule has 0 aliphatic carbocycles. The molecule has 2 aliphatic heterocycles. The fourth-order valence-electron chi connectivity index (χ4n) is 3.21. The highest BCUT2D eigenvalue weighted by Crippen LogP contribution is 2.18. The molecule has 32 heavy (non-hydrogen) atoms. The summed E-state index contributed by atoms with van der Waals surface area (Å²) in [5, 5.41) is 14.9. The number of nitro groups is 1. The molecule has 3 heterocycles. The van der Waals surface area contributed by atoms with Crippen LogP contribution < -0.4 is 15.2 Å². The number of allylic oxidation sites excluding steroid dienone is 1. The van der Waals surface area contributed by atoms with E-state index in [2.05, 4.69) is 35.3 Å². The smallest absolute Gasteiger partial charge is 0.269 e. The third kappa shape index (κ3) is 5.74. The van der Waals surface area contributed by atoms with Gasteiger partial charge >= 0.3 is 0 Å². The van der Waals surface area contributed by atoms with Crippen molar-refractivity contribution < 1.29 is 14.4 Å². The number of non-ortho nitro benzene ring substituents is 1. The molecule has 0 spiro atoms. The number of hydrazone groups is 1. The maximum absolute atomic E-state index is 10.7. The molecule has 4 rings (SSSR count). The highest BCUT2D eigenvalue weighted by Gasteiger charge is 2.20. The van der Waals surface area contributed by atoms with Crippen molar-refractivity contribution in [2.45, 2.75) is 0 Å². The van der Waals surface area contributed by atoms with Crippen LogP contribution in [0.1, 0.15) is 5.56 Å². The molecule has 1 N–H and O–H groups in total. The van der Waals surface area contributed by atoms with Gasteiger partial charge in [0.25, 0.3) is 5.69 Å². The number of hydrogen-bond acceptors (Lipinski definition) is 11. The number of rotatable bonds is 7. The fraction of sp³-hybridized carbons (Fsp3) is 0.400. The molecule has 0 amide bonds. The van der Waals surface area contributed by atoms with E-state index in [0.29, 0.717) is 70.5 Å². The van der Waals surface area contributed by atoms with Crippen molar-refractivity contribution in [1.82, 2.24) is 15.0 Å². The SMILES string of the molecule is O=[N+]([O-])c1ccc(/C=C/C=NNc2nc(N3CCOCC3)nc(N3CCOCC3)n2)cc1. The summed E-state index contributed by atoms with van der Waals surface area (Å²) in [7, 11) is 0. The molecule has 168 valence electrons. The Hall–Kier alpha value is -3.64. The van der Waals surface area contributed by atoms with Gasteiger partial charge in [0, 0.05) is 44.5 Å². The summed E-state index contributed by atoms with van der Waals surface area (Å²) >= 11 is 0. The van der Waals surface area contributed by atoms with Gasteiger partial charge in [-0.15, -0.1) is 0 Å². The molecule has 1 aromatic heterocycles. The number of nitro benzene ring substituents is 1. The second-order valence-corrected chi connectivity index (χ2v) is 7.06. The van der Waals surface area contributed by atoms with Gasteiger partial charge in [-0.25, -0.2) is 5.43 Å². The van der Waals surface area contributed by atoms with Gasteiger partial charge in [0.05, 0.1) is 31.4 Å². The van der Waals surface area contributed by atoms with Crippen LogP contribution in [0.15, 0.2) is 35.4 Å². The first-order chi connectivity index (χ1) is 15.7. The maximum atomic E-state index is 10.7. The summed E-state index contributed by atoms with van der Waals surface area (Å²) in [6.45, 7) is 5.39. The highest BCUT2D eigenvalue weighted by atomic mass is 16.6. The van der Waals surface area contributed by atoms with Gasteiger partial charge in [0.2, 0.25) is 17.8 Å². The molecule has 0 radical (unpaired) electrons. The quantitative estimate of drug-likeness (QED) is 0.384. The van der Waals surface area contributed by atoms with Gasteiger partial charge in [0.15, 0.2) is 0 Å². The van der Waals surface area contributed by atoms with Crippen molar-refractivity contribution in [2.75, 3.05) is 67.8 Å². The summed E-state index contributed by atoms with van der Waals surface area (Å²) in [5.74, 6) is 1.52. The minimum Gasteiger partial charge on any atom is -0.378 e. The molecular weight excluding hydrogens is 416 g/mol. The summed E-state index contributed by atoms with van der Waals surface area (Å²) in [5.41, 5.74) is 3.75. The number of anilines is 3. The Bertz CT molecular complexity index is 934. The van der Waals surface area contributed by atoms with E-state index in [0.717, 1.165) is 5.56 Å². The lowest BCUT2D eigenvalue weighted by Gasteiger charge is -2.30. The van der Waals surface area contributed by atoms with Crippen LogP contribution in [0.25, 0.3) is 6.08 Å². The predicted molar refractivity (Wildman–Crippen MR) is 120 cm³/mol. The number of ether oxygens (including phenoxy) is 2. The van der Waals surface area contributed by atoms with Crippen LogP contribution in [-0.2, 0) is 9.47 Å². The summed E-state index contributed by atoms with van der Waals surface area (Å²) < 4.78 is 10.8. The highest BCUT2D eigenvalue weighted by molar-refractivity contribution is 5.78. The predicted octanol–water partition coefficient (Wildman–Crippen LogP) is 1.56. The average Bonchev–Trinajstić information content (AvgIpc) is 2.85. The summed E-state index contributed by atoms with van der Waals surface area (Å²) in [4.78, 5) is 28.1. The monoisotopic (exact) mass is 440 g/mol. The number of aromatic nitrogens is 3. The van der Waals surface area contributed by atoms with E-state index in [9.17, 15) is 10.1 Å². The molecular formula is C20H24N8O4. The molecule has 2 aromatic rings. The molecule has 0 atom stereocenters. The first-order valence-corrected chi connectivity index (χ1v) is 10.3. The van der Waals surface area contributed by atoms with Crippen LogP contribution >= 0.6 is 0 Å². The first-order valence-electron chi connectivity index (χ1n) is 10.3. The summed E-state index contributed by atoms with van der Waals surface area (Å²) in [6.07, 6.45) is 5.08. The maximum Gasteiger partial charge on any atom is 0.269 e. The normalized spacial score (nSPS) is 17.2. The van der Waals surface area contributed by atoms with E-state index < -0.39 is 4.92 Å². The van der Waals surface area contributed by atoms with Crippen molar-refractivity contribution in [3.8, 4) is 0 Å². The van der Waals surface area contributed by atoms with Crippen molar-refractivity contribution in [1.29, 1.82) is 0 Å². The van der Waals surface area contributed by atoms with Crippen molar-refractivity contribution in [3.63, 3.8) is 0 Å². The van der Waals surface area contributed by atoms with E-state index in [1.165, 1.54) is 12.1 Å². The second-order valence-electron chi connectivity index (χ2n) is 7.06. The standard InChI is InChI=1S/C20H24N8O4/c29-28(30)17-5-3-16(4-6-17)2-1-7-21-25-18-22-19(26-8-12-31-13-9-26)24-20(23-18)27-10-14-32-15-11-27/h1-7H,8-15H2,(H,22,23,24,25)/b2-1+,21-7?. The minimum atomic E-state index is -0.427. The molecule has 0 unspecified atom stereocenters. The minimum absolute atomic E-state index is 0.0551. The molecule has 0 bridgehead atoms. The average molecular weight is 440 g/mol. The summed E-state index contributed by atoms with van der Waals surface area (Å²) in [6, 6.07) is 6.26. The zero-order chi connectivity index (χ0) is 22.2. The van der Waals surface area contributed by atoms with Crippen LogP contribution in [-0.4, -0.2) is 78.7 Å². The van der Waals surface area contributed by atoms with Crippen molar-refractivity contribution in [3.05, 3.63) is 46.0 Å². The Balaban J connectivity index is 1.44. The fourth-order valence-corrected chi connectivity index (χ4v) is 3.21. The van der Waals surface area contributed by atoms with E-state index in [1.807, 2.05) is 0 Å². The van der Waals surface area contributed by atoms with Crippen LogP contribution in [0.4, 0.5) is 23.5 Å². The number of nitrogens with zero attached hydrogens (tertiary/aromatic N) is 7. The zero-order valence-corrected chi connectivity index (χ0v) is 17.5. The first kappa shape index (κ1) is 21.6. The van der Waals surface area contributed by atoms with E-state index in [4.69, 9.17) is 9.47 Å². The van der Waals surface area contributed by atoms with Gasteiger partial charge in [-0.05, 0) is 23.8 Å². The number of nitrogens with one attached hydrogen (secondary N) is 1. The molecule has 2 aliphatic rings. The van der Waals surface area contributed by atoms with E-state index >= 15 is 0 Å². The number of benzene rings is 1. The van der Waals surface area contributed by atoms with Gasteiger partial charge in [-0.3, -0.25) is 10.1 Å². The molecule has 12 heteroatoms. The Morgan fingerprint density at radius 2 is 1.50 bits per heavy atom. The van der Waals surface area contributed by atoms with Gasteiger partial charge in [-0.1, -0.05) is 6.08 Å². The number of hydrogen-bond donors (Lipinski definition) is 1. The third-order valence-corrected chi connectivity index (χ3v) is 4.92. The number of morpholine rings is 2. The van der Waals surface area contributed by atoms with Crippen LogP contribution in [0, 0.1) is 10.1 Å². The largest absolute Gasteiger partial charge is 0.378 e. The zero-order valence-electron chi connectivity index (χ0n) is 17.5. The second kappa shape index (κ2) is 10.6. The molecule has 12 nitrogen and oxygen atoms in total. The lowest BCUT2D eigenvalue weighted by atomic mass is 10.2. The van der Waals surface area contributed by atoms with Gasteiger partial charge < -0.3 is 19.3 Å². The lowest BCUT2D eigenvalue weighted by molar-refractivity contribution is -0.384. The molecule has 1 aromatic carbocycles. The topological polar surface area (TPSA) is 131 Å². The Kier molecular flexibility index (Phi) is 7.15.